The van der Waals surface area contributed by atoms with E-state index in [-0.39, 0.29) is 5.41 Å². The normalized spacial score (nSPS) is 11.6. The summed E-state index contributed by atoms with van der Waals surface area (Å²) in [6.45, 7) is 9.25. The Balaban J connectivity index is 3.12. The highest BCUT2D eigenvalue weighted by Gasteiger charge is 2.23. The van der Waals surface area contributed by atoms with Crippen LogP contribution in [0.1, 0.15) is 38.3 Å². The van der Waals surface area contributed by atoms with Crippen molar-refractivity contribution in [2.24, 2.45) is 0 Å². The molecule has 0 aliphatic rings. The molecule has 90 valence electrons. The summed E-state index contributed by atoms with van der Waals surface area (Å²) in [7, 11) is 0. The fourth-order valence-corrected chi connectivity index (χ4v) is 2.30. The lowest BCUT2D eigenvalue weighted by molar-refractivity contribution is 0.326. The van der Waals surface area contributed by atoms with Crippen molar-refractivity contribution in [2.75, 3.05) is 12.5 Å². The summed E-state index contributed by atoms with van der Waals surface area (Å²) < 4.78 is 5.68. The smallest absolute Gasteiger partial charge is 0.123 e. The average Bonchev–Trinajstić information content (AvgIpc) is 2.21. The summed E-state index contributed by atoms with van der Waals surface area (Å²) in [6.07, 6.45) is 0.956. The van der Waals surface area contributed by atoms with Crippen LogP contribution in [0.15, 0.2) is 18.2 Å². The monoisotopic (exact) mass is 240 g/mol. The Kier molecular flexibility index (Phi) is 4.67. The van der Waals surface area contributed by atoms with Gasteiger partial charge in [-0.3, -0.25) is 0 Å². The minimum atomic E-state index is 0.0677. The first kappa shape index (κ1) is 13.4. The van der Waals surface area contributed by atoms with E-state index in [0.29, 0.717) is 12.5 Å². The molecule has 0 amide bonds. The van der Waals surface area contributed by atoms with Crippen LogP contribution in [0.4, 0.5) is 0 Å². The van der Waals surface area contributed by atoms with Crippen molar-refractivity contribution in [3.63, 3.8) is 0 Å². The maximum absolute atomic E-state index is 5.86. The second-order valence-electron chi connectivity index (χ2n) is 4.76. The van der Waals surface area contributed by atoms with Crippen LogP contribution in [0.2, 0.25) is 0 Å². The second-order valence-corrected chi connectivity index (χ2v) is 5.13. The molecule has 0 radical (unpaired) electrons. The van der Waals surface area contributed by atoms with E-state index < -0.39 is 0 Å². The Morgan fingerprint density at radius 3 is 2.56 bits per heavy atom. The van der Waals surface area contributed by atoms with Crippen LogP contribution >= 0.6 is 11.6 Å². The fraction of sp³-hybridized carbons (Fsp3) is 0.571. The van der Waals surface area contributed by atoms with Crippen molar-refractivity contribution in [2.45, 2.75) is 39.5 Å². The van der Waals surface area contributed by atoms with Gasteiger partial charge in [-0.05, 0) is 31.7 Å². The van der Waals surface area contributed by atoms with Crippen LogP contribution in [0.3, 0.4) is 0 Å². The number of benzene rings is 1. The molecule has 1 aromatic rings. The number of rotatable bonds is 5. The van der Waals surface area contributed by atoms with Crippen LogP contribution in [0.25, 0.3) is 0 Å². The highest BCUT2D eigenvalue weighted by atomic mass is 35.5. The molecule has 0 aliphatic carbocycles. The van der Waals surface area contributed by atoms with Gasteiger partial charge in [0.15, 0.2) is 0 Å². The number of aryl methyl sites for hydroxylation is 1. The molecule has 0 saturated heterocycles. The third kappa shape index (κ3) is 3.15. The van der Waals surface area contributed by atoms with E-state index in [1.165, 1.54) is 11.1 Å². The van der Waals surface area contributed by atoms with Gasteiger partial charge in [-0.2, -0.15) is 0 Å². The van der Waals surface area contributed by atoms with Crippen molar-refractivity contribution < 1.29 is 4.74 Å². The highest BCUT2D eigenvalue weighted by molar-refractivity contribution is 6.17. The molecule has 0 spiro atoms. The molecule has 0 N–H and O–H groups in total. The van der Waals surface area contributed by atoms with Gasteiger partial charge in [0.2, 0.25) is 0 Å². The number of hydrogen-bond donors (Lipinski definition) is 0. The third-order valence-corrected chi connectivity index (χ3v) is 3.07. The molecule has 0 saturated carbocycles. The van der Waals surface area contributed by atoms with Gasteiger partial charge in [-0.25, -0.2) is 0 Å². The van der Waals surface area contributed by atoms with Gasteiger partial charge in [-0.1, -0.05) is 31.5 Å². The summed E-state index contributed by atoms with van der Waals surface area (Å²) in [5.74, 6) is 1.66. The molecule has 1 rings (SSSR count). The van der Waals surface area contributed by atoms with Crippen LogP contribution in [0, 0.1) is 6.92 Å². The molecule has 16 heavy (non-hydrogen) atoms. The Bertz CT molecular complexity index is 345. The zero-order valence-electron chi connectivity index (χ0n) is 10.6. The van der Waals surface area contributed by atoms with Crippen molar-refractivity contribution in [1.29, 1.82) is 0 Å². The molecule has 0 fully saturated rings. The maximum Gasteiger partial charge on any atom is 0.123 e. The molecule has 0 bridgehead atoms. The summed E-state index contributed by atoms with van der Waals surface area (Å²) in [5, 5.41) is 0. The van der Waals surface area contributed by atoms with E-state index in [1.54, 1.807) is 0 Å². The fourth-order valence-electron chi connectivity index (χ4n) is 1.82. The van der Waals surface area contributed by atoms with E-state index in [2.05, 4.69) is 39.0 Å². The van der Waals surface area contributed by atoms with E-state index in [9.17, 15) is 0 Å². The van der Waals surface area contributed by atoms with Gasteiger partial charge in [0.25, 0.3) is 0 Å². The zero-order valence-corrected chi connectivity index (χ0v) is 11.4. The van der Waals surface area contributed by atoms with Crippen LogP contribution in [-0.2, 0) is 5.41 Å². The molecular weight excluding hydrogens is 220 g/mol. The van der Waals surface area contributed by atoms with Crippen molar-refractivity contribution in [3.8, 4) is 5.75 Å². The van der Waals surface area contributed by atoms with E-state index >= 15 is 0 Å². The van der Waals surface area contributed by atoms with Crippen LogP contribution in [-0.4, -0.2) is 12.5 Å². The van der Waals surface area contributed by atoms with E-state index in [0.717, 1.165) is 12.2 Å². The van der Waals surface area contributed by atoms with Crippen LogP contribution in [0.5, 0.6) is 5.75 Å². The lowest BCUT2D eigenvalue weighted by Gasteiger charge is -2.27. The molecule has 0 atom stereocenters. The SMILES string of the molecule is CCOc1ccc(C)cc1C(C)(C)CCCl. The number of alkyl halides is 1. The standard InChI is InChI=1S/C14H21ClO/c1-5-16-13-7-6-11(2)10-12(13)14(3,4)8-9-15/h6-7,10H,5,8-9H2,1-4H3. The van der Waals surface area contributed by atoms with E-state index in [4.69, 9.17) is 16.3 Å². The Hall–Kier alpha value is -0.690. The molecule has 1 aromatic carbocycles. The lowest BCUT2D eigenvalue weighted by atomic mass is 9.81. The quantitative estimate of drug-likeness (QED) is 0.698. The van der Waals surface area contributed by atoms with Crippen molar-refractivity contribution in [3.05, 3.63) is 29.3 Å². The van der Waals surface area contributed by atoms with Gasteiger partial charge < -0.3 is 4.74 Å². The van der Waals surface area contributed by atoms with Crippen molar-refractivity contribution in [1.82, 2.24) is 0 Å². The van der Waals surface area contributed by atoms with Crippen molar-refractivity contribution >= 4 is 11.6 Å². The predicted molar refractivity (Wildman–Crippen MR) is 70.7 cm³/mol. The highest BCUT2D eigenvalue weighted by Crippen LogP contribution is 2.35. The maximum atomic E-state index is 5.86. The van der Waals surface area contributed by atoms with Gasteiger partial charge in [-0.15, -0.1) is 11.6 Å². The Labute approximate surface area is 104 Å². The third-order valence-electron chi connectivity index (χ3n) is 2.88. The molecule has 2 heteroatoms. The first-order chi connectivity index (χ1) is 7.51. The molecular formula is C14H21ClO. The largest absolute Gasteiger partial charge is 0.494 e. The van der Waals surface area contributed by atoms with E-state index in [1.807, 2.05) is 6.92 Å². The van der Waals surface area contributed by atoms with Gasteiger partial charge in [0.1, 0.15) is 5.75 Å². The number of halogens is 1. The average molecular weight is 241 g/mol. The number of ether oxygens (including phenoxy) is 1. The lowest BCUT2D eigenvalue weighted by Crippen LogP contribution is -2.19. The summed E-state index contributed by atoms with van der Waals surface area (Å²) in [6, 6.07) is 6.35. The van der Waals surface area contributed by atoms with Gasteiger partial charge >= 0.3 is 0 Å². The predicted octanol–water partition coefficient (Wildman–Crippen LogP) is 4.30. The molecule has 0 heterocycles. The number of hydrogen-bond acceptors (Lipinski definition) is 1. The first-order valence-corrected chi connectivity index (χ1v) is 6.34. The molecule has 0 aromatic heterocycles. The van der Waals surface area contributed by atoms with Gasteiger partial charge in [0.05, 0.1) is 6.61 Å². The Morgan fingerprint density at radius 1 is 1.31 bits per heavy atom. The summed E-state index contributed by atoms with van der Waals surface area (Å²) in [4.78, 5) is 0. The molecule has 0 aliphatic heterocycles. The van der Waals surface area contributed by atoms with Gasteiger partial charge in [0, 0.05) is 11.4 Å². The van der Waals surface area contributed by atoms with Crippen LogP contribution < -0.4 is 4.74 Å². The molecule has 0 unspecified atom stereocenters. The second kappa shape index (κ2) is 5.58. The Morgan fingerprint density at radius 2 is 2.00 bits per heavy atom. The minimum Gasteiger partial charge on any atom is -0.494 e. The topological polar surface area (TPSA) is 9.23 Å². The first-order valence-electron chi connectivity index (χ1n) is 5.81. The summed E-state index contributed by atoms with van der Waals surface area (Å²) in [5.41, 5.74) is 2.59. The minimum absolute atomic E-state index is 0.0677. The zero-order chi connectivity index (χ0) is 12.2. The summed E-state index contributed by atoms with van der Waals surface area (Å²) >= 11 is 5.86. The molecule has 1 nitrogen and oxygen atoms in total.